The van der Waals surface area contributed by atoms with Crippen molar-refractivity contribution < 1.29 is 32.2 Å². The van der Waals surface area contributed by atoms with Crippen LogP contribution in [-0.4, -0.2) is 86.5 Å². The maximum absolute atomic E-state index is 13.8. The number of morpholine rings is 1. The van der Waals surface area contributed by atoms with E-state index in [9.17, 15) is 13.2 Å². The normalized spacial score (nSPS) is 14.2. The Morgan fingerprint density at radius 3 is 2.36 bits per heavy atom. The fraction of sp³-hybridized carbons (Fsp3) is 0.458. The van der Waals surface area contributed by atoms with E-state index in [1.807, 2.05) is 0 Å². The van der Waals surface area contributed by atoms with Gasteiger partial charge in [-0.1, -0.05) is 11.6 Å². The molecule has 1 N–H and O–H groups in total. The Kier molecular flexibility index (Phi) is 10.1. The van der Waals surface area contributed by atoms with Crippen molar-refractivity contribution in [3.63, 3.8) is 0 Å². The summed E-state index contributed by atoms with van der Waals surface area (Å²) in [5.74, 6) is 0.414. The Morgan fingerprint density at radius 1 is 1.03 bits per heavy atom. The number of hydrogen-bond acceptors (Lipinski definition) is 8. The topological polar surface area (TPSA) is 107 Å². The summed E-state index contributed by atoms with van der Waals surface area (Å²) in [5, 5.41) is 3.11. The van der Waals surface area contributed by atoms with E-state index in [2.05, 4.69) is 10.2 Å². The van der Waals surface area contributed by atoms with Crippen LogP contribution in [0.3, 0.4) is 0 Å². The molecule has 0 aliphatic carbocycles. The highest BCUT2D eigenvalue weighted by molar-refractivity contribution is 7.92. The van der Waals surface area contributed by atoms with Gasteiger partial charge in [-0.2, -0.15) is 0 Å². The van der Waals surface area contributed by atoms with Gasteiger partial charge < -0.3 is 24.3 Å². The number of hydrogen-bond donors (Lipinski definition) is 1. The highest BCUT2D eigenvalue weighted by Gasteiger charge is 2.30. The smallest absolute Gasteiger partial charge is 0.265 e. The van der Waals surface area contributed by atoms with Gasteiger partial charge in [0.1, 0.15) is 12.3 Å². The number of benzene rings is 2. The lowest BCUT2D eigenvalue weighted by Crippen LogP contribution is -2.42. The third kappa shape index (κ3) is 6.94. The van der Waals surface area contributed by atoms with Crippen molar-refractivity contribution in [2.75, 3.05) is 71.6 Å². The minimum atomic E-state index is -4.23. The molecule has 0 radical (unpaired) electrons. The summed E-state index contributed by atoms with van der Waals surface area (Å²) in [6.07, 6.45) is 0.731. The SMILES string of the molecule is COc1ccc(S(=O)(=O)N(CC(=O)NCCCN2CCOCC2)c2cc(Cl)ccc2OC)cc1OC. The van der Waals surface area contributed by atoms with Gasteiger partial charge in [-0.15, -0.1) is 0 Å². The summed E-state index contributed by atoms with van der Waals surface area (Å²) >= 11 is 6.19. The Hall–Kier alpha value is -2.73. The number of nitrogens with zero attached hydrogens (tertiary/aromatic N) is 2. The predicted octanol–water partition coefficient (Wildman–Crippen LogP) is 2.40. The number of methoxy groups -OCH3 is 3. The van der Waals surface area contributed by atoms with Crippen LogP contribution < -0.4 is 23.8 Å². The van der Waals surface area contributed by atoms with Gasteiger partial charge in [0.15, 0.2) is 11.5 Å². The molecule has 0 atom stereocenters. The number of amides is 1. The van der Waals surface area contributed by atoms with Crippen molar-refractivity contribution in [2.45, 2.75) is 11.3 Å². The third-order valence-electron chi connectivity index (χ3n) is 5.72. The van der Waals surface area contributed by atoms with Gasteiger partial charge in [0, 0.05) is 30.7 Å². The van der Waals surface area contributed by atoms with Crippen LogP contribution in [0, 0.1) is 0 Å². The molecule has 0 spiro atoms. The fourth-order valence-corrected chi connectivity index (χ4v) is 5.41. The van der Waals surface area contributed by atoms with Crippen molar-refractivity contribution >= 4 is 33.2 Å². The number of sulfonamides is 1. The number of carbonyl (C=O) groups is 1. The molecule has 1 aliphatic heterocycles. The molecule has 3 rings (SSSR count). The second-order valence-electron chi connectivity index (χ2n) is 8.00. The van der Waals surface area contributed by atoms with Crippen molar-refractivity contribution in [3.05, 3.63) is 41.4 Å². The molecule has 198 valence electrons. The Balaban J connectivity index is 1.84. The minimum absolute atomic E-state index is 0.0812. The van der Waals surface area contributed by atoms with Crippen LogP contribution in [0.4, 0.5) is 5.69 Å². The van der Waals surface area contributed by atoms with Gasteiger partial charge >= 0.3 is 0 Å². The van der Waals surface area contributed by atoms with E-state index in [-0.39, 0.29) is 22.1 Å². The molecule has 2 aromatic carbocycles. The highest BCUT2D eigenvalue weighted by atomic mass is 35.5. The van der Waals surface area contributed by atoms with Gasteiger partial charge in [0.05, 0.1) is 45.1 Å². The Labute approximate surface area is 217 Å². The molecular formula is C24H32ClN3O7S. The van der Waals surface area contributed by atoms with Gasteiger partial charge in [-0.25, -0.2) is 8.42 Å². The van der Waals surface area contributed by atoms with E-state index in [1.54, 1.807) is 12.1 Å². The molecule has 36 heavy (non-hydrogen) atoms. The summed E-state index contributed by atoms with van der Waals surface area (Å²) in [5.41, 5.74) is 0.142. The number of nitrogens with one attached hydrogen (secondary N) is 1. The van der Waals surface area contributed by atoms with E-state index in [0.717, 1.165) is 30.4 Å². The van der Waals surface area contributed by atoms with Gasteiger partial charge in [0.2, 0.25) is 5.91 Å². The molecule has 2 aromatic rings. The highest BCUT2D eigenvalue weighted by Crippen LogP contribution is 2.36. The Bertz CT molecular complexity index is 1140. The molecule has 0 saturated carbocycles. The lowest BCUT2D eigenvalue weighted by Gasteiger charge is -2.27. The zero-order valence-electron chi connectivity index (χ0n) is 20.7. The number of anilines is 1. The monoisotopic (exact) mass is 541 g/mol. The third-order valence-corrected chi connectivity index (χ3v) is 7.71. The molecule has 12 heteroatoms. The van der Waals surface area contributed by atoms with Crippen molar-refractivity contribution in [3.8, 4) is 17.2 Å². The molecule has 0 aromatic heterocycles. The molecule has 1 amide bonds. The van der Waals surface area contributed by atoms with Crippen LogP contribution in [0.5, 0.6) is 17.2 Å². The van der Waals surface area contributed by atoms with Crippen LogP contribution in [0.15, 0.2) is 41.3 Å². The molecule has 10 nitrogen and oxygen atoms in total. The summed E-state index contributed by atoms with van der Waals surface area (Å²) in [6, 6.07) is 8.81. The van der Waals surface area contributed by atoms with Gasteiger partial charge in [-0.3, -0.25) is 14.0 Å². The molecule has 1 saturated heterocycles. The first-order valence-corrected chi connectivity index (χ1v) is 13.3. The molecular weight excluding hydrogens is 510 g/mol. The molecule has 1 fully saturated rings. The van der Waals surface area contributed by atoms with E-state index in [0.29, 0.717) is 30.5 Å². The van der Waals surface area contributed by atoms with Crippen LogP contribution in [0.1, 0.15) is 6.42 Å². The summed E-state index contributed by atoms with van der Waals surface area (Å²) in [7, 11) is 0.0586. The van der Waals surface area contributed by atoms with Crippen molar-refractivity contribution in [1.82, 2.24) is 10.2 Å². The molecule has 0 unspecified atom stereocenters. The van der Waals surface area contributed by atoms with E-state index in [1.165, 1.54) is 45.6 Å². The molecule has 0 bridgehead atoms. The van der Waals surface area contributed by atoms with Crippen LogP contribution >= 0.6 is 11.6 Å². The van der Waals surface area contributed by atoms with Crippen molar-refractivity contribution in [1.29, 1.82) is 0 Å². The molecule has 1 heterocycles. The maximum atomic E-state index is 13.8. The van der Waals surface area contributed by atoms with Gasteiger partial charge in [0.25, 0.3) is 10.0 Å². The van der Waals surface area contributed by atoms with E-state index >= 15 is 0 Å². The second-order valence-corrected chi connectivity index (χ2v) is 10.3. The summed E-state index contributed by atoms with van der Waals surface area (Å²) in [4.78, 5) is 15.1. The molecule has 1 aliphatic rings. The summed E-state index contributed by atoms with van der Waals surface area (Å²) < 4.78 is 49.8. The second kappa shape index (κ2) is 13.0. The lowest BCUT2D eigenvalue weighted by molar-refractivity contribution is -0.119. The van der Waals surface area contributed by atoms with Crippen LogP contribution in [0.25, 0.3) is 0 Å². The average Bonchev–Trinajstić information content (AvgIpc) is 2.89. The first-order chi connectivity index (χ1) is 17.3. The Morgan fingerprint density at radius 2 is 1.69 bits per heavy atom. The minimum Gasteiger partial charge on any atom is -0.495 e. The summed E-state index contributed by atoms with van der Waals surface area (Å²) in [6.45, 7) is 3.89. The van der Waals surface area contributed by atoms with Gasteiger partial charge in [-0.05, 0) is 43.3 Å². The first-order valence-electron chi connectivity index (χ1n) is 11.4. The van der Waals surface area contributed by atoms with Crippen LogP contribution in [0.2, 0.25) is 5.02 Å². The number of halogens is 1. The standard InChI is InChI=1S/C24H32ClN3O7S/c1-32-21-7-5-18(25)15-20(21)28(17-24(29)26-9-4-10-27-11-13-35-14-12-27)36(30,31)19-6-8-22(33-2)23(16-19)34-3/h5-8,15-16H,4,9-14,17H2,1-3H3,(H,26,29). The lowest BCUT2D eigenvalue weighted by atomic mass is 10.3. The van der Waals surface area contributed by atoms with Crippen LogP contribution in [-0.2, 0) is 19.6 Å². The quantitative estimate of drug-likeness (QED) is 0.408. The van der Waals surface area contributed by atoms with E-state index < -0.39 is 22.5 Å². The maximum Gasteiger partial charge on any atom is 0.265 e. The largest absolute Gasteiger partial charge is 0.495 e. The first kappa shape index (κ1) is 27.9. The zero-order valence-corrected chi connectivity index (χ0v) is 22.2. The average molecular weight is 542 g/mol. The zero-order chi connectivity index (χ0) is 26.1. The van der Waals surface area contributed by atoms with E-state index in [4.69, 9.17) is 30.5 Å². The number of ether oxygens (including phenoxy) is 4. The van der Waals surface area contributed by atoms with Crippen molar-refractivity contribution in [2.24, 2.45) is 0 Å². The fourth-order valence-electron chi connectivity index (χ4n) is 3.80. The number of rotatable bonds is 12. The predicted molar refractivity (Wildman–Crippen MR) is 137 cm³/mol. The number of carbonyl (C=O) groups excluding carboxylic acids is 1.